The summed E-state index contributed by atoms with van der Waals surface area (Å²) in [5, 5.41) is 10.9. The van der Waals surface area contributed by atoms with E-state index in [2.05, 4.69) is 15.9 Å². The van der Waals surface area contributed by atoms with Crippen molar-refractivity contribution in [3.05, 3.63) is 23.1 Å². The third-order valence-electron chi connectivity index (χ3n) is 4.28. The van der Waals surface area contributed by atoms with Gasteiger partial charge in [0.05, 0.1) is 24.5 Å². The highest BCUT2D eigenvalue weighted by molar-refractivity contribution is 9.09. The molecule has 1 unspecified atom stereocenters. The second kappa shape index (κ2) is 10.7. The zero-order valence-corrected chi connectivity index (χ0v) is 18.0. The lowest BCUT2D eigenvalue weighted by atomic mass is 10.0. The summed E-state index contributed by atoms with van der Waals surface area (Å²) >= 11 is 4.79. The minimum atomic E-state index is -0.960. The van der Waals surface area contributed by atoms with E-state index in [-0.39, 0.29) is 12.2 Å². The number of unbranched alkanes of at least 4 members (excludes halogenated alkanes) is 3. The Morgan fingerprint density at radius 3 is 2.56 bits per heavy atom. The number of alkyl halides is 1. The second-order valence-electron chi connectivity index (χ2n) is 6.47. The summed E-state index contributed by atoms with van der Waals surface area (Å²) in [6.45, 7) is 2.16. The first-order chi connectivity index (χ1) is 13.0. The van der Waals surface area contributed by atoms with E-state index < -0.39 is 11.9 Å². The number of aliphatic carboxylic acids is 1. The molecule has 1 N–H and O–H groups in total. The van der Waals surface area contributed by atoms with Crippen molar-refractivity contribution in [2.45, 2.75) is 39.0 Å². The molecule has 0 saturated heterocycles. The van der Waals surface area contributed by atoms with Crippen LogP contribution in [0.3, 0.4) is 0 Å². The number of halogens is 1. The van der Waals surface area contributed by atoms with Gasteiger partial charge in [-0.15, -0.1) is 11.3 Å². The number of hydrogen-bond donors (Lipinski definition) is 1. The second-order valence-corrected chi connectivity index (χ2v) is 8.35. The molecule has 0 bridgehead atoms. The highest BCUT2D eigenvalue weighted by Crippen LogP contribution is 2.37. The molecule has 5 nitrogen and oxygen atoms in total. The predicted molar refractivity (Wildman–Crippen MR) is 112 cm³/mol. The molecular formula is C20H25BrO5S. The van der Waals surface area contributed by atoms with Gasteiger partial charge in [0, 0.05) is 22.5 Å². The van der Waals surface area contributed by atoms with Crippen molar-refractivity contribution in [3.63, 3.8) is 0 Å². The standard InChI is InChI=1S/C20H25BrO5S/c1-13(20(23)24)9-15(22)19-11-14-10-16(25-2)17(12-18(14)27-19)26-8-6-4-3-5-7-21/h10-13H,3-9H2,1-2H3,(H,23,24). The van der Waals surface area contributed by atoms with Crippen LogP contribution in [0.25, 0.3) is 10.1 Å². The highest BCUT2D eigenvalue weighted by Gasteiger charge is 2.19. The van der Waals surface area contributed by atoms with Gasteiger partial charge in [0.15, 0.2) is 17.3 Å². The fraction of sp³-hybridized carbons (Fsp3) is 0.500. The minimum Gasteiger partial charge on any atom is -0.493 e. The molecule has 0 spiro atoms. The molecule has 0 radical (unpaired) electrons. The Morgan fingerprint density at radius 2 is 1.89 bits per heavy atom. The molecule has 0 aliphatic rings. The number of carboxylic acids is 1. The normalized spacial score (nSPS) is 12.1. The molecule has 1 atom stereocenters. The Morgan fingerprint density at radius 1 is 1.15 bits per heavy atom. The van der Waals surface area contributed by atoms with Gasteiger partial charge in [0.25, 0.3) is 0 Å². The fourth-order valence-electron chi connectivity index (χ4n) is 2.66. The molecule has 0 saturated carbocycles. The lowest BCUT2D eigenvalue weighted by Gasteiger charge is -2.10. The number of thiophene rings is 1. The van der Waals surface area contributed by atoms with Gasteiger partial charge in [-0.3, -0.25) is 9.59 Å². The van der Waals surface area contributed by atoms with Crippen LogP contribution in [0.15, 0.2) is 18.2 Å². The van der Waals surface area contributed by atoms with Gasteiger partial charge in [-0.25, -0.2) is 0 Å². The van der Waals surface area contributed by atoms with E-state index in [1.54, 1.807) is 20.1 Å². The Balaban J connectivity index is 2.09. The SMILES string of the molecule is COc1cc2cc(C(=O)CC(C)C(=O)O)sc2cc1OCCCCCCBr. The summed E-state index contributed by atoms with van der Waals surface area (Å²) in [6, 6.07) is 5.56. The number of hydrogen-bond acceptors (Lipinski definition) is 5. The molecule has 0 aliphatic carbocycles. The average Bonchev–Trinajstić information content (AvgIpc) is 3.06. The van der Waals surface area contributed by atoms with E-state index in [4.69, 9.17) is 14.6 Å². The van der Waals surface area contributed by atoms with Crippen LogP contribution in [0.1, 0.15) is 48.7 Å². The van der Waals surface area contributed by atoms with Gasteiger partial charge in [-0.1, -0.05) is 35.7 Å². The summed E-state index contributed by atoms with van der Waals surface area (Å²) in [6.07, 6.45) is 4.44. The quantitative estimate of drug-likeness (QED) is 0.258. The van der Waals surface area contributed by atoms with Crippen LogP contribution in [0.2, 0.25) is 0 Å². The third kappa shape index (κ3) is 6.21. The smallest absolute Gasteiger partial charge is 0.306 e. The Hall–Kier alpha value is -1.60. The lowest BCUT2D eigenvalue weighted by molar-refractivity contribution is -0.141. The lowest BCUT2D eigenvalue weighted by Crippen LogP contribution is -2.13. The van der Waals surface area contributed by atoms with Crippen molar-refractivity contribution in [1.82, 2.24) is 0 Å². The zero-order chi connectivity index (χ0) is 19.8. The van der Waals surface area contributed by atoms with Crippen LogP contribution >= 0.6 is 27.3 Å². The first kappa shape index (κ1) is 21.7. The number of carbonyl (C=O) groups excluding carboxylic acids is 1. The molecule has 1 heterocycles. The molecule has 0 amide bonds. The topological polar surface area (TPSA) is 72.8 Å². The molecule has 27 heavy (non-hydrogen) atoms. The summed E-state index contributed by atoms with van der Waals surface area (Å²) in [4.78, 5) is 23.9. The van der Waals surface area contributed by atoms with Gasteiger partial charge in [-0.2, -0.15) is 0 Å². The van der Waals surface area contributed by atoms with Crippen molar-refractivity contribution in [2.75, 3.05) is 19.0 Å². The maximum atomic E-state index is 12.3. The maximum absolute atomic E-state index is 12.3. The van der Waals surface area contributed by atoms with Crippen molar-refractivity contribution in [3.8, 4) is 11.5 Å². The molecule has 148 valence electrons. The number of methoxy groups -OCH3 is 1. The number of rotatable bonds is 12. The largest absolute Gasteiger partial charge is 0.493 e. The Labute approximate surface area is 171 Å². The average molecular weight is 457 g/mol. The molecule has 1 aromatic carbocycles. The molecular weight excluding hydrogens is 432 g/mol. The summed E-state index contributed by atoms with van der Waals surface area (Å²) < 4.78 is 12.2. The van der Waals surface area contributed by atoms with E-state index in [0.717, 1.165) is 28.3 Å². The van der Waals surface area contributed by atoms with Gasteiger partial charge >= 0.3 is 5.97 Å². The van der Waals surface area contributed by atoms with Gasteiger partial charge in [0.1, 0.15) is 0 Å². The highest BCUT2D eigenvalue weighted by atomic mass is 79.9. The van der Waals surface area contributed by atoms with Crippen molar-refractivity contribution >= 4 is 49.1 Å². The number of carboxylic acid groups (broad SMARTS) is 1. The van der Waals surface area contributed by atoms with Crippen LogP contribution in [-0.2, 0) is 4.79 Å². The number of ether oxygens (including phenoxy) is 2. The van der Waals surface area contributed by atoms with E-state index >= 15 is 0 Å². The number of Topliss-reactive ketones (excluding diaryl/α,β-unsaturated/α-hetero) is 1. The fourth-order valence-corrected chi connectivity index (χ4v) is 4.07. The Kier molecular flexibility index (Phi) is 8.57. The molecule has 7 heteroatoms. The van der Waals surface area contributed by atoms with E-state index in [9.17, 15) is 9.59 Å². The van der Waals surface area contributed by atoms with Crippen LogP contribution in [0.4, 0.5) is 0 Å². The predicted octanol–water partition coefficient (Wildman–Crippen LogP) is 5.54. The molecule has 1 aromatic heterocycles. The number of carbonyl (C=O) groups is 2. The van der Waals surface area contributed by atoms with Gasteiger partial charge in [-0.05, 0) is 30.4 Å². The van der Waals surface area contributed by atoms with Gasteiger partial charge in [0.2, 0.25) is 0 Å². The third-order valence-corrected chi connectivity index (χ3v) is 5.98. The van der Waals surface area contributed by atoms with E-state index in [0.29, 0.717) is 23.0 Å². The monoisotopic (exact) mass is 456 g/mol. The van der Waals surface area contributed by atoms with Gasteiger partial charge < -0.3 is 14.6 Å². The van der Waals surface area contributed by atoms with Crippen LogP contribution < -0.4 is 9.47 Å². The number of ketones is 1. The van der Waals surface area contributed by atoms with Crippen molar-refractivity contribution in [2.24, 2.45) is 5.92 Å². The zero-order valence-electron chi connectivity index (χ0n) is 15.6. The van der Waals surface area contributed by atoms with Crippen LogP contribution in [0.5, 0.6) is 11.5 Å². The first-order valence-electron chi connectivity index (χ1n) is 9.02. The summed E-state index contributed by atoms with van der Waals surface area (Å²) in [5.74, 6) is -0.498. The van der Waals surface area contributed by atoms with Crippen LogP contribution in [-0.4, -0.2) is 35.9 Å². The number of fused-ring (bicyclic) bond motifs is 1. The van der Waals surface area contributed by atoms with Crippen LogP contribution in [0, 0.1) is 5.92 Å². The first-order valence-corrected chi connectivity index (χ1v) is 11.0. The van der Waals surface area contributed by atoms with Crippen molar-refractivity contribution < 1.29 is 24.2 Å². The maximum Gasteiger partial charge on any atom is 0.306 e. The Bertz CT molecular complexity index is 786. The molecule has 0 aliphatic heterocycles. The summed E-state index contributed by atoms with van der Waals surface area (Å²) in [7, 11) is 1.59. The summed E-state index contributed by atoms with van der Waals surface area (Å²) in [5.41, 5.74) is 0. The van der Waals surface area contributed by atoms with Crippen molar-refractivity contribution in [1.29, 1.82) is 0 Å². The van der Waals surface area contributed by atoms with E-state index in [1.165, 1.54) is 24.2 Å². The van der Waals surface area contributed by atoms with E-state index in [1.807, 2.05) is 12.1 Å². The molecule has 2 rings (SSSR count). The number of benzene rings is 1. The minimum absolute atomic E-state index is 0.00293. The molecule has 0 fully saturated rings. The molecule has 2 aromatic rings.